The number of aryl methyl sites for hydroxylation is 1. The second kappa shape index (κ2) is 8.43. The molecule has 1 fully saturated rings. The number of benzene rings is 1. The summed E-state index contributed by atoms with van der Waals surface area (Å²) >= 11 is 0. The van der Waals surface area contributed by atoms with Crippen molar-refractivity contribution >= 4 is 0 Å². The van der Waals surface area contributed by atoms with Crippen LogP contribution in [0, 0.1) is 0 Å². The van der Waals surface area contributed by atoms with Crippen LogP contribution in [0.2, 0.25) is 0 Å². The summed E-state index contributed by atoms with van der Waals surface area (Å²) in [6.07, 6.45) is 7.64. The van der Waals surface area contributed by atoms with Crippen LogP contribution in [0.15, 0.2) is 24.3 Å². The summed E-state index contributed by atoms with van der Waals surface area (Å²) in [5.41, 5.74) is 2.97. The smallest absolute Gasteiger partial charge is 0.0576 e. The third kappa shape index (κ3) is 4.32. The van der Waals surface area contributed by atoms with Crippen molar-refractivity contribution in [3.8, 4) is 0 Å². The largest absolute Gasteiger partial charge is 0.378 e. The lowest BCUT2D eigenvalue weighted by Gasteiger charge is -2.23. The molecule has 2 nitrogen and oxygen atoms in total. The summed E-state index contributed by atoms with van der Waals surface area (Å²) in [4.78, 5) is 0. The van der Waals surface area contributed by atoms with E-state index in [2.05, 4.69) is 43.4 Å². The molecule has 1 N–H and O–H groups in total. The number of nitrogens with one attached hydrogen (secondary N) is 1. The molecule has 1 heterocycles. The molecule has 0 radical (unpaired) electrons. The molecule has 112 valence electrons. The van der Waals surface area contributed by atoms with Crippen molar-refractivity contribution in [2.45, 2.75) is 64.5 Å². The fourth-order valence-corrected chi connectivity index (χ4v) is 3.11. The van der Waals surface area contributed by atoms with Crippen LogP contribution in [-0.4, -0.2) is 19.3 Å². The molecule has 20 heavy (non-hydrogen) atoms. The molecule has 0 bridgehead atoms. The summed E-state index contributed by atoms with van der Waals surface area (Å²) in [6, 6.07) is 9.36. The van der Waals surface area contributed by atoms with E-state index >= 15 is 0 Å². The van der Waals surface area contributed by atoms with Crippen LogP contribution in [0.25, 0.3) is 0 Å². The monoisotopic (exact) mass is 275 g/mol. The highest BCUT2D eigenvalue weighted by atomic mass is 16.5. The van der Waals surface area contributed by atoms with Crippen molar-refractivity contribution in [2.24, 2.45) is 0 Å². The average molecular weight is 275 g/mol. The standard InChI is InChI=1S/C18H29NO/c1-3-13-19-18(12-11-16-9-7-14-20-16)17-10-6-5-8-15(17)4-2/h5-6,8,10,16,18-19H,3-4,7,9,11-14H2,1-2H3. The summed E-state index contributed by atoms with van der Waals surface area (Å²) < 4.78 is 5.77. The molecule has 1 aromatic rings. The topological polar surface area (TPSA) is 21.3 Å². The van der Waals surface area contributed by atoms with Gasteiger partial charge in [0, 0.05) is 12.6 Å². The first-order valence-electron chi connectivity index (χ1n) is 8.28. The average Bonchev–Trinajstić information content (AvgIpc) is 3.01. The van der Waals surface area contributed by atoms with Crippen LogP contribution in [0.1, 0.15) is 63.1 Å². The van der Waals surface area contributed by atoms with Gasteiger partial charge < -0.3 is 10.1 Å². The quantitative estimate of drug-likeness (QED) is 0.766. The minimum absolute atomic E-state index is 0.482. The van der Waals surface area contributed by atoms with Crippen molar-refractivity contribution in [1.29, 1.82) is 0 Å². The Labute approximate surface area is 123 Å². The molecular weight excluding hydrogens is 246 g/mol. The number of rotatable bonds is 8. The highest BCUT2D eigenvalue weighted by Crippen LogP contribution is 2.26. The summed E-state index contributed by atoms with van der Waals surface area (Å²) in [7, 11) is 0. The Balaban J connectivity index is 2.01. The molecule has 0 saturated carbocycles. The predicted octanol–water partition coefficient (Wildman–Crippen LogP) is 4.25. The Kier molecular flexibility index (Phi) is 6.55. The summed E-state index contributed by atoms with van der Waals surface area (Å²) in [5, 5.41) is 3.73. The zero-order valence-electron chi connectivity index (χ0n) is 13.0. The molecule has 1 aliphatic rings. The molecule has 1 aromatic carbocycles. The van der Waals surface area contributed by atoms with E-state index < -0.39 is 0 Å². The second-order valence-corrected chi connectivity index (χ2v) is 5.77. The Morgan fingerprint density at radius 2 is 2.15 bits per heavy atom. The zero-order valence-corrected chi connectivity index (χ0v) is 13.0. The maximum absolute atomic E-state index is 5.77. The molecule has 1 saturated heterocycles. The highest BCUT2D eigenvalue weighted by Gasteiger charge is 2.19. The fourth-order valence-electron chi connectivity index (χ4n) is 3.11. The number of ether oxygens (including phenoxy) is 1. The van der Waals surface area contributed by atoms with Crippen LogP contribution < -0.4 is 5.32 Å². The SMILES string of the molecule is CCCNC(CCC1CCCO1)c1ccccc1CC. The molecule has 2 atom stereocenters. The van der Waals surface area contributed by atoms with Gasteiger partial charge in [-0.05, 0) is 56.2 Å². The second-order valence-electron chi connectivity index (χ2n) is 5.77. The van der Waals surface area contributed by atoms with Gasteiger partial charge in [0.05, 0.1) is 6.10 Å². The van der Waals surface area contributed by atoms with Gasteiger partial charge >= 0.3 is 0 Å². The van der Waals surface area contributed by atoms with Gasteiger partial charge in [0.25, 0.3) is 0 Å². The van der Waals surface area contributed by atoms with E-state index in [0.29, 0.717) is 12.1 Å². The van der Waals surface area contributed by atoms with Crippen molar-refractivity contribution < 1.29 is 4.74 Å². The lowest BCUT2D eigenvalue weighted by atomic mass is 9.94. The van der Waals surface area contributed by atoms with Gasteiger partial charge in [0.15, 0.2) is 0 Å². The van der Waals surface area contributed by atoms with Gasteiger partial charge in [-0.15, -0.1) is 0 Å². The van der Waals surface area contributed by atoms with E-state index in [1.165, 1.54) is 43.2 Å². The molecule has 0 amide bonds. The molecule has 0 aromatic heterocycles. The molecule has 2 unspecified atom stereocenters. The first-order chi connectivity index (χ1) is 9.85. The maximum Gasteiger partial charge on any atom is 0.0576 e. The van der Waals surface area contributed by atoms with Crippen molar-refractivity contribution in [1.82, 2.24) is 5.32 Å². The van der Waals surface area contributed by atoms with Gasteiger partial charge in [0.2, 0.25) is 0 Å². The molecule has 1 aliphatic heterocycles. The number of hydrogen-bond acceptors (Lipinski definition) is 2. The summed E-state index contributed by atoms with van der Waals surface area (Å²) in [6.45, 7) is 6.53. The van der Waals surface area contributed by atoms with Gasteiger partial charge in [-0.25, -0.2) is 0 Å². The fraction of sp³-hybridized carbons (Fsp3) is 0.667. The van der Waals surface area contributed by atoms with Crippen LogP contribution in [0.4, 0.5) is 0 Å². The van der Waals surface area contributed by atoms with E-state index in [0.717, 1.165) is 19.6 Å². The summed E-state index contributed by atoms with van der Waals surface area (Å²) in [5.74, 6) is 0. The Bertz CT molecular complexity index is 385. The van der Waals surface area contributed by atoms with E-state index in [-0.39, 0.29) is 0 Å². The van der Waals surface area contributed by atoms with E-state index in [9.17, 15) is 0 Å². The zero-order chi connectivity index (χ0) is 14.2. The molecular formula is C18H29NO. The predicted molar refractivity (Wildman–Crippen MR) is 85.1 cm³/mol. The Hall–Kier alpha value is -0.860. The highest BCUT2D eigenvalue weighted by molar-refractivity contribution is 5.30. The molecule has 2 heteroatoms. The minimum atomic E-state index is 0.482. The first-order valence-corrected chi connectivity index (χ1v) is 8.28. The van der Waals surface area contributed by atoms with Crippen LogP contribution in [0.5, 0.6) is 0 Å². The Morgan fingerprint density at radius 1 is 1.30 bits per heavy atom. The molecule has 0 spiro atoms. The van der Waals surface area contributed by atoms with Crippen molar-refractivity contribution in [3.63, 3.8) is 0 Å². The van der Waals surface area contributed by atoms with Gasteiger partial charge in [0.1, 0.15) is 0 Å². The normalized spacial score (nSPS) is 20.2. The van der Waals surface area contributed by atoms with Gasteiger partial charge in [-0.2, -0.15) is 0 Å². The number of hydrogen-bond donors (Lipinski definition) is 1. The van der Waals surface area contributed by atoms with Crippen LogP contribution in [-0.2, 0) is 11.2 Å². The van der Waals surface area contributed by atoms with Crippen molar-refractivity contribution in [2.75, 3.05) is 13.2 Å². The maximum atomic E-state index is 5.77. The van der Waals surface area contributed by atoms with E-state index in [1.807, 2.05) is 0 Å². The minimum Gasteiger partial charge on any atom is -0.378 e. The van der Waals surface area contributed by atoms with E-state index in [1.54, 1.807) is 0 Å². The Morgan fingerprint density at radius 3 is 2.85 bits per heavy atom. The van der Waals surface area contributed by atoms with Gasteiger partial charge in [-0.1, -0.05) is 38.1 Å². The first kappa shape index (κ1) is 15.5. The lowest BCUT2D eigenvalue weighted by Crippen LogP contribution is -2.24. The molecule has 2 rings (SSSR count). The van der Waals surface area contributed by atoms with E-state index in [4.69, 9.17) is 4.74 Å². The lowest BCUT2D eigenvalue weighted by molar-refractivity contribution is 0.0995. The van der Waals surface area contributed by atoms with Gasteiger partial charge in [-0.3, -0.25) is 0 Å². The van der Waals surface area contributed by atoms with Crippen LogP contribution >= 0.6 is 0 Å². The van der Waals surface area contributed by atoms with Crippen LogP contribution in [0.3, 0.4) is 0 Å². The third-order valence-corrected chi connectivity index (χ3v) is 4.25. The van der Waals surface area contributed by atoms with Crippen molar-refractivity contribution in [3.05, 3.63) is 35.4 Å². The third-order valence-electron chi connectivity index (χ3n) is 4.25. The molecule has 0 aliphatic carbocycles.